The molecule has 1 aliphatic carbocycles. The molecular weight excluding hydrogens is 969 g/mol. The van der Waals surface area contributed by atoms with Crippen LogP contribution in [0.3, 0.4) is 0 Å². The van der Waals surface area contributed by atoms with E-state index in [-0.39, 0.29) is 61.6 Å². The maximum Gasteiger partial charge on any atom is 0.251 e. The summed E-state index contributed by atoms with van der Waals surface area (Å²) in [6, 6.07) is 12.2. The molecule has 0 radical (unpaired) electrons. The second kappa shape index (κ2) is 23.2. The van der Waals surface area contributed by atoms with Gasteiger partial charge in [-0.3, -0.25) is 23.7 Å². The van der Waals surface area contributed by atoms with Crippen LogP contribution in [0.2, 0.25) is 0 Å². The minimum Gasteiger partial charge on any atom is -0.495 e. The molecule has 4 atom stereocenters. The minimum atomic E-state index is -0.883. The normalized spacial score (nSPS) is 19.6. The van der Waals surface area contributed by atoms with E-state index in [2.05, 4.69) is 59.4 Å². The first kappa shape index (κ1) is 53.4. The fraction of sp³-hybridized carbons (Fsp3) is 0.536. The Labute approximate surface area is 444 Å². The van der Waals surface area contributed by atoms with E-state index < -0.39 is 23.6 Å². The third kappa shape index (κ3) is 12.0. The Bertz CT molecular complexity index is 2830. The van der Waals surface area contributed by atoms with Gasteiger partial charge in [-0.15, -0.1) is 11.3 Å². The fourth-order valence-corrected chi connectivity index (χ4v) is 12.2. The smallest absolute Gasteiger partial charge is 0.251 e. The molecule has 3 aliphatic heterocycles. The molecule has 3 aromatic heterocycles. The van der Waals surface area contributed by atoms with Gasteiger partial charge in [0.1, 0.15) is 23.5 Å². The Morgan fingerprint density at radius 3 is 2.40 bits per heavy atom. The van der Waals surface area contributed by atoms with E-state index in [0.29, 0.717) is 35.4 Å². The van der Waals surface area contributed by atoms with E-state index in [1.165, 1.54) is 23.4 Å². The highest BCUT2D eigenvalue weighted by Gasteiger charge is 2.45. The van der Waals surface area contributed by atoms with Crippen LogP contribution in [-0.4, -0.2) is 127 Å². The van der Waals surface area contributed by atoms with Gasteiger partial charge in [0, 0.05) is 56.7 Å². The number of carbonyl (C=O) groups excluding carboxylic acids is 4. The van der Waals surface area contributed by atoms with Gasteiger partial charge in [0.05, 0.1) is 64.9 Å². The second-order valence-corrected chi connectivity index (χ2v) is 22.6. The number of aryl methyl sites for hydroxylation is 2. The maximum atomic E-state index is 14.1. The molecule has 400 valence electrons. The lowest BCUT2D eigenvalue weighted by Crippen LogP contribution is -2.57. The number of aromatic nitrogens is 5. The number of rotatable bonds is 18. The molecule has 5 N–H and O–H groups in total. The number of piperidine rings is 1. The molecule has 75 heavy (non-hydrogen) atoms. The summed E-state index contributed by atoms with van der Waals surface area (Å²) >= 11 is 1.58. The lowest BCUT2D eigenvalue weighted by Gasteiger charge is -2.42. The second-order valence-electron chi connectivity index (χ2n) is 21.8. The van der Waals surface area contributed by atoms with Crippen LogP contribution in [0.5, 0.6) is 5.75 Å². The topological polar surface area (TPSA) is 212 Å². The molecule has 0 bridgehead atoms. The van der Waals surface area contributed by atoms with Crippen molar-refractivity contribution in [2.75, 3.05) is 43.5 Å². The summed E-state index contributed by atoms with van der Waals surface area (Å²) in [5.41, 5.74) is 8.44. The SMILES string of the molecule is CC[C@@H]1c2c(C)ncn2-c2cnc(Nc3ccc(C(=O)NC4CCN(CCCCC(=O)N[C@H](C(=O)N5C[C@H](O)C[C@H]5C(=O)NCc5ccc(-c6scnc6C)cc5)C(C)(C)C)CC4)cc3OC)nc2N1C1CCCC1. The summed E-state index contributed by atoms with van der Waals surface area (Å²) in [5.74, 6) is 0.755. The van der Waals surface area contributed by atoms with Gasteiger partial charge in [-0.05, 0) is 100 Å². The predicted molar refractivity (Wildman–Crippen MR) is 290 cm³/mol. The molecule has 0 unspecified atom stereocenters. The summed E-state index contributed by atoms with van der Waals surface area (Å²) in [4.78, 5) is 80.9. The molecule has 19 heteroatoms. The number of nitrogens with zero attached hydrogens (tertiary/aromatic N) is 8. The Hall–Kier alpha value is -6.44. The molecule has 18 nitrogen and oxygen atoms in total. The number of likely N-dealkylation sites (tertiary alicyclic amines) is 2. The fourth-order valence-electron chi connectivity index (χ4n) is 11.4. The molecular formula is C56H74N12O6S. The van der Waals surface area contributed by atoms with Gasteiger partial charge in [0.2, 0.25) is 23.7 Å². The van der Waals surface area contributed by atoms with Gasteiger partial charge in [-0.1, -0.05) is 64.8 Å². The van der Waals surface area contributed by atoms with Gasteiger partial charge in [-0.2, -0.15) is 4.98 Å². The number of thiazole rings is 1. The molecule has 4 amide bonds. The van der Waals surface area contributed by atoms with Gasteiger partial charge in [-0.25, -0.2) is 15.0 Å². The standard InChI is InChI=1S/C56H74N12O6S/c1-8-43-48-34(2)59-32-67(48)45-30-58-55(64-51(45)68(43)40-13-9-10-14-40)62-42-21-20-38(27-46(42)74-7)52(71)61-39-22-25-65(26-23-39)24-12-11-15-47(70)63-50(56(4,5)6)54(73)66-31-41(69)28-44(66)53(72)57-29-36-16-18-37(19-17-36)49-35(3)60-33-75-49/h16-21,27,30,32-33,39-41,43-44,50,69H,8-15,22-26,28-29,31H2,1-7H3,(H,57,72)(H,61,71)(H,63,70)(H,58,62,64)/t41-,43-,44+,50-/m1/s1. The van der Waals surface area contributed by atoms with Crippen molar-refractivity contribution in [2.24, 2.45) is 5.41 Å². The van der Waals surface area contributed by atoms with Gasteiger partial charge in [0.25, 0.3) is 5.91 Å². The Morgan fingerprint density at radius 1 is 0.947 bits per heavy atom. The van der Waals surface area contributed by atoms with Crippen LogP contribution < -0.4 is 30.9 Å². The van der Waals surface area contributed by atoms with Crippen LogP contribution in [0.15, 0.2) is 60.5 Å². The molecule has 2 aromatic carbocycles. The van der Waals surface area contributed by atoms with Crippen molar-refractivity contribution in [2.45, 2.75) is 155 Å². The first-order valence-corrected chi connectivity index (χ1v) is 27.7. The molecule has 2 saturated heterocycles. The van der Waals surface area contributed by atoms with E-state index in [0.717, 1.165) is 97.1 Å². The van der Waals surface area contributed by atoms with E-state index in [4.69, 9.17) is 14.7 Å². The zero-order valence-electron chi connectivity index (χ0n) is 44.5. The van der Waals surface area contributed by atoms with Crippen molar-refractivity contribution < 1.29 is 29.0 Å². The lowest BCUT2D eigenvalue weighted by molar-refractivity contribution is -0.144. The zero-order valence-corrected chi connectivity index (χ0v) is 45.3. The number of aliphatic hydroxyl groups excluding tert-OH is 1. The van der Waals surface area contributed by atoms with E-state index >= 15 is 0 Å². The van der Waals surface area contributed by atoms with Crippen LogP contribution >= 0.6 is 11.3 Å². The van der Waals surface area contributed by atoms with Crippen LogP contribution in [0.1, 0.15) is 137 Å². The van der Waals surface area contributed by atoms with Crippen molar-refractivity contribution in [1.29, 1.82) is 0 Å². The number of methoxy groups -OCH3 is 1. The first-order chi connectivity index (χ1) is 36.1. The van der Waals surface area contributed by atoms with Crippen molar-refractivity contribution in [3.63, 3.8) is 0 Å². The van der Waals surface area contributed by atoms with Crippen molar-refractivity contribution >= 4 is 52.4 Å². The molecule has 1 saturated carbocycles. The highest BCUT2D eigenvalue weighted by atomic mass is 32.1. The Balaban J connectivity index is 0.717. The summed E-state index contributed by atoms with van der Waals surface area (Å²) in [6.45, 7) is 14.7. The van der Waals surface area contributed by atoms with Gasteiger partial charge < -0.3 is 45.8 Å². The summed E-state index contributed by atoms with van der Waals surface area (Å²) in [5, 5.41) is 23.2. The molecule has 0 spiro atoms. The number of anilines is 3. The third-order valence-electron chi connectivity index (χ3n) is 15.5. The number of aliphatic hydroxyl groups is 1. The predicted octanol–water partition coefficient (Wildman–Crippen LogP) is 7.54. The summed E-state index contributed by atoms with van der Waals surface area (Å²) in [6.07, 6.45) is 11.9. The number of unbranched alkanes of at least 4 members (excludes halogenated alkanes) is 1. The average Bonchev–Trinajstić information content (AvgIpc) is 4.26. The number of fused-ring (bicyclic) bond motifs is 3. The highest BCUT2D eigenvalue weighted by Crippen LogP contribution is 2.45. The Morgan fingerprint density at radius 2 is 1.71 bits per heavy atom. The molecule has 5 aromatic rings. The van der Waals surface area contributed by atoms with Crippen molar-refractivity contribution in [3.8, 4) is 21.9 Å². The minimum absolute atomic E-state index is 0.0172. The first-order valence-electron chi connectivity index (χ1n) is 26.8. The maximum absolute atomic E-state index is 14.1. The number of imidazole rings is 1. The number of β-amino-alcohol motifs (C(OH)–C–C–N with tert-alkyl or cyclic N) is 1. The van der Waals surface area contributed by atoms with Gasteiger partial charge >= 0.3 is 0 Å². The number of hydrogen-bond donors (Lipinski definition) is 5. The quantitative estimate of drug-likeness (QED) is 0.0538. The summed E-state index contributed by atoms with van der Waals surface area (Å²) in [7, 11) is 1.59. The molecule has 3 fully saturated rings. The number of nitrogens with one attached hydrogen (secondary N) is 4. The monoisotopic (exact) mass is 1040 g/mol. The number of amides is 4. The third-order valence-corrected chi connectivity index (χ3v) is 16.5. The lowest BCUT2D eigenvalue weighted by atomic mass is 9.85. The molecule has 6 heterocycles. The van der Waals surface area contributed by atoms with E-state index in [9.17, 15) is 24.3 Å². The van der Waals surface area contributed by atoms with Crippen LogP contribution in [0, 0.1) is 19.3 Å². The summed E-state index contributed by atoms with van der Waals surface area (Å²) < 4.78 is 7.93. The van der Waals surface area contributed by atoms with Crippen LogP contribution in [-0.2, 0) is 20.9 Å². The van der Waals surface area contributed by atoms with E-state index in [1.54, 1.807) is 30.6 Å². The largest absolute Gasteiger partial charge is 0.495 e. The van der Waals surface area contributed by atoms with Crippen molar-refractivity contribution in [3.05, 3.63) is 88.7 Å². The zero-order chi connectivity index (χ0) is 53.0. The Kier molecular flexibility index (Phi) is 16.5. The van der Waals surface area contributed by atoms with Crippen LogP contribution in [0.4, 0.5) is 17.5 Å². The number of benzene rings is 2. The van der Waals surface area contributed by atoms with E-state index in [1.807, 2.05) is 76.1 Å². The van der Waals surface area contributed by atoms with Crippen molar-refractivity contribution in [1.82, 2.24) is 50.3 Å². The highest BCUT2D eigenvalue weighted by molar-refractivity contribution is 7.13. The van der Waals surface area contributed by atoms with Gasteiger partial charge in [0.15, 0.2) is 5.82 Å². The van der Waals surface area contributed by atoms with Crippen LogP contribution in [0.25, 0.3) is 16.1 Å². The average molecular weight is 1040 g/mol. The number of carbonyl (C=O) groups is 4. The number of ether oxygens (including phenoxy) is 1. The number of hydrogen-bond acceptors (Lipinski definition) is 14. The molecule has 9 rings (SSSR count). The molecule has 4 aliphatic rings.